The Morgan fingerprint density at radius 3 is 2.95 bits per heavy atom. The van der Waals surface area contributed by atoms with Crippen molar-refractivity contribution >= 4 is 0 Å². The number of aromatic hydroxyl groups is 1. The van der Waals surface area contributed by atoms with Crippen molar-refractivity contribution in [1.82, 2.24) is 5.32 Å². The summed E-state index contributed by atoms with van der Waals surface area (Å²) in [5.41, 5.74) is 2.70. The third-order valence-electron chi connectivity index (χ3n) is 4.18. The zero-order valence-corrected chi connectivity index (χ0v) is 12.3. The molecule has 0 saturated heterocycles. The molecule has 2 nitrogen and oxygen atoms in total. The van der Waals surface area contributed by atoms with Crippen LogP contribution in [0.2, 0.25) is 0 Å². The molecule has 0 saturated carbocycles. The topological polar surface area (TPSA) is 32.3 Å². The molecular formula is C17H27NO. The number of rotatable bonds is 7. The van der Waals surface area contributed by atoms with E-state index in [0.717, 1.165) is 12.8 Å². The molecule has 0 spiro atoms. The van der Waals surface area contributed by atoms with E-state index in [1.807, 2.05) is 12.1 Å². The van der Waals surface area contributed by atoms with Crippen molar-refractivity contribution in [3.63, 3.8) is 0 Å². The molecule has 2 heteroatoms. The summed E-state index contributed by atoms with van der Waals surface area (Å²) in [5, 5.41) is 13.3. The van der Waals surface area contributed by atoms with E-state index in [4.69, 9.17) is 0 Å². The summed E-state index contributed by atoms with van der Waals surface area (Å²) in [6.45, 7) is 4.55. The summed E-state index contributed by atoms with van der Waals surface area (Å²) in [7, 11) is 0. The first-order valence-corrected chi connectivity index (χ1v) is 7.78. The molecule has 2 rings (SSSR count). The molecule has 2 N–H and O–H groups in total. The van der Waals surface area contributed by atoms with Gasteiger partial charge in [0.2, 0.25) is 0 Å². The molecular weight excluding hydrogens is 234 g/mol. The third-order valence-corrected chi connectivity index (χ3v) is 4.18. The van der Waals surface area contributed by atoms with Gasteiger partial charge in [0.1, 0.15) is 5.75 Å². The van der Waals surface area contributed by atoms with Gasteiger partial charge >= 0.3 is 0 Å². The second-order valence-corrected chi connectivity index (χ2v) is 5.89. The molecule has 0 radical (unpaired) electrons. The van der Waals surface area contributed by atoms with E-state index in [1.54, 1.807) is 0 Å². The summed E-state index contributed by atoms with van der Waals surface area (Å²) in [6, 6.07) is 6.88. The fourth-order valence-corrected chi connectivity index (χ4v) is 3.08. The number of hydrogen-bond donors (Lipinski definition) is 2. The maximum Gasteiger partial charge on any atom is 0.115 e. The van der Waals surface area contributed by atoms with Crippen LogP contribution in [0.1, 0.15) is 69.5 Å². The number of aryl methyl sites for hydroxylation is 1. The number of fused-ring (bicyclic) bond motifs is 1. The van der Waals surface area contributed by atoms with Crippen molar-refractivity contribution in [3.8, 4) is 5.75 Å². The van der Waals surface area contributed by atoms with Gasteiger partial charge in [0.25, 0.3) is 0 Å². The van der Waals surface area contributed by atoms with Crippen LogP contribution in [-0.4, -0.2) is 11.1 Å². The fourth-order valence-electron chi connectivity index (χ4n) is 3.08. The molecule has 1 aliphatic carbocycles. The lowest BCUT2D eigenvalue weighted by molar-refractivity contribution is 0.419. The molecule has 106 valence electrons. The first-order chi connectivity index (χ1) is 9.20. The van der Waals surface area contributed by atoms with Crippen LogP contribution in [0.3, 0.4) is 0 Å². The van der Waals surface area contributed by atoms with E-state index in [9.17, 15) is 5.11 Å². The Morgan fingerprint density at radius 1 is 1.32 bits per heavy atom. The van der Waals surface area contributed by atoms with Crippen molar-refractivity contribution in [2.45, 2.75) is 70.9 Å². The van der Waals surface area contributed by atoms with Gasteiger partial charge in [-0.3, -0.25) is 0 Å². The zero-order chi connectivity index (χ0) is 13.7. The number of hydrogen-bond acceptors (Lipinski definition) is 2. The number of nitrogens with one attached hydrogen (secondary N) is 1. The first kappa shape index (κ1) is 14.4. The molecule has 0 fully saturated rings. The average Bonchev–Trinajstić information content (AvgIpc) is 2.77. The van der Waals surface area contributed by atoms with E-state index in [-0.39, 0.29) is 0 Å². The van der Waals surface area contributed by atoms with Crippen LogP contribution < -0.4 is 5.32 Å². The first-order valence-electron chi connectivity index (χ1n) is 7.78. The SMILES string of the molecule is CCCCCCC(C)NC1CCc2cc(O)ccc21. The van der Waals surface area contributed by atoms with Crippen LogP contribution in [0.15, 0.2) is 18.2 Å². The van der Waals surface area contributed by atoms with Crippen molar-refractivity contribution in [1.29, 1.82) is 0 Å². The van der Waals surface area contributed by atoms with Crippen molar-refractivity contribution < 1.29 is 5.11 Å². The summed E-state index contributed by atoms with van der Waals surface area (Å²) in [5.74, 6) is 0.395. The van der Waals surface area contributed by atoms with Gasteiger partial charge in [-0.2, -0.15) is 0 Å². The van der Waals surface area contributed by atoms with Gasteiger partial charge in [-0.1, -0.05) is 38.7 Å². The monoisotopic (exact) mass is 261 g/mol. The Bertz CT molecular complexity index is 402. The smallest absolute Gasteiger partial charge is 0.115 e. The third kappa shape index (κ3) is 3.97. The van der Waals surface area contributed by atoms with Crippen LogP contribution in [0.4, 0.5) is 0 Å². The van der Waals surface area contributed by atoms with Gasteiger partial charge in [0.05, 0.1) is 0 Å². The van der Waals surface area contributed by atoms with Crippen LogP contribution in [0, 0.1) is 0 Å². The Labute approximate surface area is 117 Å². The highest BCUT2D eigenvalue weighted by atomic mass is 16.3. The lowest BCUT2D eigenvalue weighted by Crippen LogP contribution is -2.29. The summed E-state index contributed by atoms with van der Waals surface area (Å²) < 4.78 is 0. The van der Waals surface area contributed by atoms with Crippen molar-refractivity contribution in [2.75, 3.05) is 0 Å². The largest absolute Gasteiger partial charge is 0.508 e. The lowest BCUT2D eigenvalue weighted by Gasteiger charge is -2.20. The second kappa shape index (κ2) is 6.95. The molecule has 2 unspecified atom stereocenters. The maximum absolute atomic E-state index is 9.51. The molecule has 1 aliphatic rings. The molecule has 0 heterocycles. The minimum absolute atomic E-state index is 0.395. The Morgan fingerprint density at radius 2 is 2.16 bits per heavy atom. The highest BCUT2D eigenvalue weighted by Crippen LogP contribution is 2.33. The molecule has 19 heavy (non-hydrogen) atoms. The Kier molecular flexibility index (Phi) is 5.26. The lowest BCUT2D eigenvalue weighted by atomic mass is 10.0. The van der Waals surface area contributed by atoms with Gasteiger partial charge in [-0.15, -0.1) is 0 Å². The molecule has 0 aliphatic heterocycles. The predicted molar refractivity (Wildman–Crippen MR) is 80.5 cm³/mol. The second-order valence-electron chi connectivity index (χ2n) is 5.89. The summed E-state index contributed by atoms with van der Waals surface area (Å²) in [6.07, 6.45) is 8.88. The van der Waals surface area contributed by atoms with Crippen LogP contribution >= 0.6 is 0 Å². The van der Waals surface area contributed by atoms with Gasteiger partial charge in [-0.05, 0) is 49.4 Å². The van der Waals surface area contributed by atoms with Gasteiger partial charge in [-0.25, -0.2) is 0 Å². The van der Waals surface area contributed by atoms with Crippen LogP contribution in [0.5, 0.6) is 5.75 Å². The van der Waals surface area contributed by atoms with E-state index in [0.29, 0.717) is 17.8 Å². The van der Waals surface area contributed by atoms with Crippen LogP contribution in [-0.2, 0) is 6.42 Å². The minimum Gasteiger partial charge on any atom is -0.508 e. The summed E-state index contributed by atoms with van der Waals surface area (Å²) >= 11 is 0. The maximum atomic E-state index is 9.51. The van der Waals surface area contributed by atoms with Crippen LogP contribution in [0.25, 0.3) is 0 Å². The highest BCUT2D eigenvalue weighted by molar-refractivity contribution is 5.40. The number of benzene rings is 1. The molecule has 1 aromatic carbocycles. The molecule has 0 bridgehead atoms. The van der Waals surface area contributed by atoms with Gasteiger partial charge < -0.3 is 10.4 Å². The van der Waals surface area contributed by atoms with Crippen molar-refractivity contribution in [2.24, 2.45) is 0 Å². The predicted octanol–water partition coefficient (Wildman–Crippen LogP) is 4.33. The molecule has 2 atom stereocenters. The normalized spacial score (nSPS) is 19.4. The van der Waals surface area contributed by atoms with E-state index in [1.165, 1.54) is 43.2 Å². The van der Waals surface area contributed by atoms with Gasteiger partial charge in [0, 0.05) is 12.1 Å². The molecule has 0 amide bonds. The average molecular weight is 261 g/mol. The van der Waals surface area contributed by atoms with E-state index < -0.39 is 0 Å². The van der Waals surface area contributed by atoms with E-state index >= 15 is 0 Å². The van der Waals surface area contributed by atoms with Gasteiger partial charge in [0.15, 0.2) is 0 Å². The standard InChI is InChI=1S/C17H27NO/c1-3-4-5-6-7-13(2)18-17-11-8-14-12-15(19)9-10-16(14)17/h9-10,12-13,17-19H,3-8,11H2,1-2H3. The quantitative estimate of drug-likeness (QED) is 0.716. The Balaban J connectivity index is 1.81. The number of phenols is 1. The number of unbranched alkanes of at least 4 members (excludes halogenated alkanes) is 3. The molecule has 1 aromatic rings. The fraction of sp³-hybridized carbons (Fsp3) is 0.647. The zero-order valence-electron chi connectivity index (χ0n) is 12.3. The summed E-state index contributed by atoms with van der Waals surface area (Å²) in [4.78, 5) is 0. The number of phenolic OH excluding ortho intramolecular Hbond substituents is 1. The minimum atomic E-state index is 0.395. The Hall–Kier alpha value is -1.02. The van der Waals surface area contributed by atoms with E-state index in [2.05, 4.69) is 25.2 Å². The molecule has 0 aromatic heterocycles. The highest BCUT2D eigenvalue weighted by Gasteiger charge is 2.23. The van der Waals surface area contributed by atoms with Crippen molar-refractivity contribution in [3.05, 3.63) is 29.3 Å².